The quantitative estimate of drug-likeness (QED) is 0.571. The molecule has 166 valence electrons. The Bertz CT molecular complexity index is 1320. The molecule has 0 spiro atoms. The van der Waals surface area contributed by atoms with E-state index in [1.165, 1.54) is 0 Å². The van der Waals surface area contributed by atoms with Crippen molar-refractivity contribution >= 4 is 44.2 Å². The number of halogens is 1. The summed E-state index contributed by atoms with van der Waals surface area (Å²) in [6.45, 7) is 1.27. The Morgan fingerprint density at radius 1 is 1.19 bits per heavy atom. The third kappa shape index (κ3) is 4.76. The second-order valence-corrected chi connectivity index (χ2v) is 10.4. The molecule has 1 amide bonds. The highest BCUT2D eigenvalue weighted by atomic mass is 35.5. The van der Waals surface area contributed by atoms with Crippen LogP contribution in [0.15, 0.2) is 48.5 Å². The maximum absolute atomic E-state index is 13.0. The number of rotatable bonds is 5. The van der Waals surface area contributed by atoms with Crippen LogP contribution in [0.1, 0.15) is 22.3 Å². The second kappa shape index (κ2) is 8.88. The molecule has 2 aromatic carbocycles. The summed E-state index contributed by atoms with van der Waals surface area (Å²) >= 11 is 6.14. The molecule has 0 saturated carbocycles. The molecular formula is C23H21ClN2O5S. The number of esters is 1. The van der Waals surface area contributed by atoms with Crippen LogP contribution in [0, 0.1) is 6.92 Å². The summed E-state index contributed by atoms with van der Waals surface area (Å²) in [6.07, 6.45) is 0.360. The lowest BCUT2D eigenvalue weighted by Crippen LogP contribution is -2.38. The molecule has 1 N–H and O–H groups in total. The molecule has 9 heteroatoms. The van der Waals surface area contributed by atoms with Crippen molar-refractivity contribution in [3.8, 4) is 11.3 Å². The molecule has 1 aliphatic heterocycles. The first-order valence-electron chi connectivity index (χ1n) is 10.1. The van der Waals surface area contributed by atoms with Crippen LogP contribution in [0.4, 0.5) is 0 Å². The minimum atomic E-state index is -3.12. The number of para-hydroxylation sites is 1. The maximum Gasteiger partial charge on any atom is 0.339 e. The van der Waals surface area contributed by atoms with Gasteiger partial charge in [-0.3, -0.25) is 4.79 Å². The summed E-state index contributed by atoms with van der Waals surface area (Å²) in [5.74, 6) is -1.24. The van der Waals surface area contributed by atoms with E-state index in [4.69, 9.17) is 21.3 Å². The van der Waals surface area contributed by atoms with E-state index in [1.807, 2.05) is 12.1 Å². The van der Waals surface area contributed by atoms with Crippen molar-refractivity contribution in [2.45, 2.75) is 19.4 Å². The lowest BCUT2D eigenvalue weighted by molar-refractivity contribution is -0.124. The van der Waals surface area contributed by atoms with Gasteiger partial charge in [0.25, 0.3) is 5.91 Å². The zero-order valence-electron chi connectivity index (χ0n) is 17.3. The molecule has 7 nitrogen and oxygen atoms in total. The predicted molar refractivity (Wildman–Crippen MR) is 122 cm³/mol. The fourth-order valence-electron chi connectivity index (χ4n) is 3.87. The Kier molecular flexibility index (Phi) is 6.17. The van der Waals surface area contributed by atoms with Gasteiger partial charge in [0, 0.05) is 22.0 Å². The topological polar surface area (TPSA) is 102 Å². The minimum Gasteiger partial charge on any atom is -0.452 e. The highest BCUT2D eigenvalue weighted by molar-refractivity contribution is 7.91. The molecular weight excluding hydrogens is 452 g/mol. The highest BCUT2D eigenvalue weighted by Crippen LogP contribution is 2.31. The monoisotopic (exact) mass is 472 g/mol. The van der Waals surface area contributed by atoms with Gasteiger partial charge >= 0.3 is 5.97 Å². The number of benzene rings is 2. The Labute approximate surface area is 190 Å². The number of carbonyl (C=O) groups excluding carboxylic acids is 2. The molecule has 4 rings (SSSR count). The van der Waals surface area contributed by atoms with Crippen LogP contribution < -0.4 is 5.32 Å². The zero-order valence-corrected chi connectivity index (χ0v) is 18.9. The first-order valence-corrected chi connectivity index (χ1v) is 12.3. The van der Waals surface area contributed by atoms with Crippen LogP contribution in [0.2, 0.25) is 5.02 Å². The summed E-state index contributed by atoms with van der Waals surface area (Å²) in [6, 6.07) is 13.9. The summed E-state index contributed by atoms with van der Waals surface area (Å²) in [5, 5.41) is 3.78. The number of aromatic nitrogens is 1. The number of hydrogen-bond donors (Lipinski definition) is 1. The first-order chi connectivity index (χ1) is 15.2. The number of ether oxygens (including phenoxy) is 1. The van der Waals surface area contributed by atoms with Crippen LogP contribution in [0.5, 0.6) is 0 Å². The van der Waals surface area contributed by atoms with Gasteiger partial charge in [0.2, 0.25) is 0 Å². The van der Waals surface area contributed by atoms with Crippen molar-refractivity contribution in [1.82, 2.24) is 10.3 Å². The standard InChI is InChI=1S/C23H21ClN2O5S/c1-14-21(23(28)31-12-20(27)25-17-9-10-32(29,30)13-17)18-7-2-3-8-19(18)26-22(14)15-5-4-6-16(24)11-15/h2-8,11,17H,9-10,12-13H2,1H3,(H,25,27). The fraction of sp³-hybridized carbons (Fsp3) is 0.261. The van der Waals surface area contributed by atoms with Crippen molar-refractivity contribution in [1.29, 1.82) is 0 Å². The molecule has 3 aromatic rings. The summed E-state index contributed by atoms with van der Waals surface area (Å²) in [4.78, 5) is 29.9. The van der Waals surface area contributed by atoms with Gasteiger partial charge in [-0.1, -0.05) is 41.9 Å². The third-order valence-electron chi connectivity index (χ3n) is 5.37. The van der Waals surface area contributed by atoms with Crippen molar-refractivity contribution < 1.29 is 22.7 Å². The zero-order chi connectivity index (χ0) is 22.9. The van der Waals surface area contributed by atoms with E-state index in [1.54, 1.807) is 43.3 Å². The molecule has 1 saturated heterocycles. The lowest BCUT2D eigenvalue weighted by atomic mass is 9.98. The van der Waals surface area contributed by atoms with E-state index in [9.17, 15) is 18.0 Å². The Hall–Kier alpha value is -2.97. The van der Waals surface area contributed by atoms with Gasteiger partial charge in [-0.25, -0.2) is 18.2 Å². The Balaban J connectivity index is 1.59. The molecule has 0 bridgehead atoms. The van der Waals surface area contributed by atoms with Gasteiger partial charge in [-0.2, -0.15) is 0 Å². The van der Waals surface area contributed by atoms with Crippen LogP contribution in [-0.2, 0) is 19.4 Å². The van der Waals surface area contributed by atoms with Gasteiger partial charge in [0.15, 0.2) is 16.4 Å². The number of nitrogens with zero attached hydrogens (tertiary/aromatic N) is 1. The minimum absolute atomic E-state index is 0.0478. The normalized spacial score (nSPS) is 17.2. The summed E-state index contributed by atoms with van der Waals surface area (Å²) in [7, 11) is -3.12. The summed E-state index contributed by atoms with van der Waals surface area (Å²) in [5.41, 5.74) is 2.90. The molecule has 1 fully saturated rings. The van der Waals surface area contributed by atoms with Gasteiger partial charge in [0.05, 0.1) is 28.3 Å². The number of nitrogens with one attached hydrogen (secondary N) is 1. The summed E-state index contributed by atoms with van der Waals surface area (Å²) < 4.78 is 28.4. The molecule has 1 aromatic heterocycles. The van der Waals surface area contributed by atoms with Crippen LogP contribution >= 0.6 is 11.6 Å². The fourth-order valence-corrected chi connectivity index (χ4v) is 5.73. The largest absolute Gasteiger partial charge is 0.452 e. The number of fused-ring (bicyclic) bond motifs is 1. The highest BCUT2D eigenvalue weighted by Gasteiger charge is 2.29. The Morgan fingerprint density at radius 2 is 1.97 bits per heavy atom. The molecule has 2 heterocycles. The van der Waals surface area contributed by atoms with Crippen molar-refractivity contribution in [3.05, 3.63) is 64.7 Å². The van der Waals surface area contributed by atoms with Crippen molar-refractivity contribution in [2.75, 3.05) is 18.1 Å². The van der Waals surface area contributed by atoms with Crippen molar-refractivity contribution in [3.63, 3.8) is 0 Å². The van der Waals surface area contributed by atoms with Crippen LogP contribution in [-0.4, -0.2) is 49.4 Å². The number of carbonyl (C=O) groups is 2. The maximum atomic E-state index is 13.0. The smallest absolute Gasteiger partial charge is 0.339 e. The number of hydrogen-bond acceptors (Lipinski definition) is 6. The van der Waals surface area contributed by atoms with Gasteiger partial charge in [-0.15, -0.1) is 0 Å². The van der Waals surface area contributed by atoms with Gasteiger partial charge < -0.3 is 10.1 Å². The predicted octanol–water partition coefficient (Wildman–Crippen LogP) is 3.32. The average molecular weight is 473 g/mol. The molecule has 32 heavy (non-hydrogen) atoms. The lowest BCUT2D eigenvalue weighted by Gasteiger charge is -2.15. The van der Waals surface area contributed by atoms with Crippen LogP contribution in [0.3, 0.4) is 0 Å². The Morgan fingerprint density at radius 3 is 2.69 bits per heavy atom. The second-order valence-electron chi connectivity index (χ2n) is 7.73. The van der Waals surface area contributed by atoms with Crippen LogP contribution in [0.25, 0.3) is 22.2 Å². The van der Waals surface area contributed by atoms with E-state index in [-0.39, 0.29) is 11.5 Å². The van der Waals surface area contributed by atoms with Crippen molar-refractivity contribution in [2.24, 2.45) is 0 Å². The number of amides is 1. The molecule has 1 aliphatic rings. The third-order valence-corrected chi connectivity index (χ3v) is 7.37. The molecule has 0 radical (unpaired) electrons. The van der Waals surface area contributed by atoms with E-state index >= 15 is 0 Å². The van der Waals surface area contributed by atoms with E-state index in [2.05, 4.69) is 5.32 Å². The van der Waals surface area contributed by atoms with Gasteiger partial charge in [-0.05, 0) is 37.1 Å². The number of sulfone groups is 1. The van der Waals surface area contributed by atoms with Gasteiger partial charge in [0.1, 0.15) is 0 Å². The molecule has 1 atom stereocenters. The molecule has 0 aliphatic carbocycles. The number of pyridine rings is 1. The van der Waals surface area contributed by atoms with E-state index in [0.29, 0.717) is 39.2 Å². The molecule has 1 unspecified atom stereocenters. The van der Waals surface area contributed by atoms with E-state index < -0.39 is 34.4 Å². The SMILES string of the molecule is Cc1c(-c2cccc(Cl)c2)nc2ccccc2c1C(=O)OCC(=O)NC1CCS(=O)(=O)C1. The first kappa shape index (κ1) is 22.2. The van der Waals surface area contributed by atoms with E-state index in [0.717, 1.165) is 5.56 Å². The average Bonchev–Trinajstić information content (AvgIpc) is 3.09.